The number of nitrogens with two attached hydrogens (primary N) is 1. The number of nitrogen functional groups attached to an aromatic ring is 1. The van der Waals surface area contributed by atoms with Crippen LogP contribution in [0.4, 0.5) is 5.69 Å². The summed E-state index contributed by atoms with van der Waals surface area (Å²) in [5.74, 6) is -0.233. The Bertz CT molecular complexity index is 402. The van der Waals surface area contributed by atoms with Crippen LogP contribution in [0.25, 0.3) is 0 Å². The van der Waals surface area contributed by atoms with Crippen LogP contribution in [0.2, 0.25) is 0 Å². The van der Waals surface area contributed by atoms with E-state index in [2.05, 4.69) is 10.2 Å². The van der Waals surface area contributed by atoms with Crippen molar-refractivity contribution in [2.24, 2.45) is 0 Å². The summed E-state index contributed by atoms with van der Waals surface area (Å²) >= 11 is 0. The molecule has 0 atom stereocenters. The van der Waals surface area contributed by atoms with Crippen LogP contribution in [0.15, 0.2) is 0 Å². The van der Waals surface area contributed by atoms with Crippen molar-refractivity contribution < 1.29 is 9.90 Å². The molecule has 1 saturated heterocycles. The van der Waals surface area contributed by atoms with Gasteiger partial charge in [-0.15, -0.1) is 0 Å². The average Bonchev–Trinajstić information content (AvgIpc) is 2.43. The van der Waals surface area contributed by atoms with E-state index in [-0.39, 0.29) is 11.6 Å². The lowest BCUT2D eigenvalue weighted by atomic mass is 9.96. The number of carbonyl (C=O) groups is 1. The standard InChI is InChI=1S/C9H14N4O2/c1-5-6(10)7(12-11-5)8(14)13-3-9(2,15)4-13/h15H,3-4,10H2,1-2H3,(H,11,12). The van der Waals surface area contributed by atoms with E-state index in [0.29, 0.717) is 24.5 Å². The highest BCUT2D eigenvalue weighted by molar-refractivity contribution is 5.98. The minimum Gasteiger partial charge on any atom is -0.395 e. The first-order valence-electron chi connectivity index (χ1n) is 4.73. The predicted octanol–water partition coefficient (Wildman–Crippen LogP) is -0.493. The first-order valence-corrected chi connectivity index (χ1v) is 4.73. The molecular weight excluding hydrogens is 196 g/mol. The highest BCUT2D eigenvalue weighted by Gasteiger charge is 2.40. The lowest BCUT2D eigenvalue weighted by molar-refractivity contribution is -0.0670. The van der Waals surface area contributed by atoms with Gasteiger partial charge in [0, 0.05) is 0 Å². The predicted molar refractivity (Wildman–Crippen MR) is 54.3 cm³/mol. The molecule has 0 aliphatic carbocycles. The number of anilines is 1. The Hall–Kier alpha value is -1.56. The Morgan fingerprint density at radius 3 is 2.67 bits per heavy atom. The monoisotopic (exact) mass is 210 g/mol. The molecule has 0 bridgehead atoms. The molecule has 0 radical (unpaired) electrons. The maximum atomic E-state index is 11.8. The number of β-amino-alcohol motifs (C(OH)–C–C–N with tert-alkyl or cyclic N) is 1. The number of aromatic amines is 1. The lowest BCUT2D eigenvalue weighted by Crippen LogP contribution is -2.61. The summed E-state index contributed by atoms with van der Waals surface area (Å²) in [5, 5.41) is 16.0. The second-order valence-corrected chi connectivity index (χ2v) is 4.27. The van der Waals surface area contributed by atoms with Crippen molar-refractivity contribution in [3.63, 3.8) is 0 Å². The van der Waals surface area contributed by atoms with Crippen molar-refractivity contribution >= 4 is 11.6 Å². The molecule has 15 heavy (non-hydrogen) atoms. The topological polar surface area (TPSA) is 95.2 Å². The van der Waals surface area contributed by atoms with Gasteiger partial charge in [-0.3, -0.25) is 9.89 Å². The molecule has 1 aromatic rings. The minimum absolute atomic E-state index is 0.233. The number of aryl methyl sites for hydroxylation is 1. The summed E-state index contributed by atoms with van der Waals surface area (Å²) in [6.45, 7) is 4.11. The number of amides is 1. The summed E-state index contributed by atoms with van der Waals surface area (Å²) in [7, 11) is 0. The molecular formula is C9H14N4O2. The van der Waals surface area contributed by atoms with Gasteiger partial charge in [0.25, 0.3) is 5.91 Å². The van der Waals surface area contributed by atoms with Crippen LogP contribution in [-0.2, 0) is 0 Å². The molecule has 6 heteroatoms. The average molecular weight is 210 g/mol. The maximum absolute atomic E-state index is 11.8. The number of aliphatic hydroxyl groups is 1. The van der Waals surface area contributed by atoms with Crippen LogP contribution < -0.4 is 5.73 Å². The van der Waals surface area contributed by atoms with Gasteiger partial charge in [0.1, 0.15) is 0 Å². The molecule has 1 fully saturated rings. The summed E-state index contributed by atoms with van der Waals surface area (Å²) < 4.78 is 0. The number of likely N-dealkylation sites (tertiary alicyclic amines) is 1. The van der Waals surface area contributed by atoms with Gasteiger partial charge in [0.2, 0.25) is 0 Å². The fraction of sp³-hybridized carbons (Fsp3) is 0.556. The van der Waals surface area contributed by atoms with Crippen LogP contribution in [0, 0.1) is 6.92 Å². The second-order valence-electron chi connectivity index (χ2n) is 4.27. The summed E-state index contributed by atoms with van der Waals surface area (Å²) in [4.78, 5) is 13.3. The molecule has 0 unspecified atom stereocenters. The summed E-state index contributed by atoms with van der Waals surface area (Å²) in [6, 6.07) is 0. The summed E-state index contributed by atoms with van der Waals surface area (Å²) in [5.41, 5.74) is 6.22. The molecule has 0 aromatic carbocycles. The Kier molecular flexibility index (Phi) is 1.97. The molecule has 0 saturated carbocycles. The van der Waals surface area contributed by atoms with Gasteiger partial charge in [0.15, 0.2) is 5.69 Å². The lowest BCUT2D eigenvalue weighted by Gasteiger charge is -2.43. The number of aromatic nitrogens is 2. The van der Waals surface area contributed by atoms with Crippen molar-refractivity contribution in [2.75, 3.05) is 18.8 Å². The van der Waals surface area contributed by atoms with Gasteiger partial charge in [-0.25, -0.2) is 0 Å². The third-order valence-electron chi connectivity index (χ3n) is 2.55. The van der Waals surface area contributed by atoms with E-state index in [1.54, 1.807) is 13.8 Å². The normalized spacial score (nSPS) is 18.7. The first-order chi connectivity index (χ1) is 6.91. The molecule has 1 aliphatic heterocycles. The number of nitrogens with one attached hydrogen (secondary N) is 1. The van der Waals surface area contributed by atoms with Crippen molar-refractivity contribution in [3.8, 4) is 0 Å². The molecule has 2 rings (SSSR count). The zero-order chi connectivity index (χ0) is 11.2. The summed E-state index contributed by atoms with van der Waals surface area (Å²) in [6.07, 6.45) is 0. The van der Waals surface area contributed by atoms with Crippen molar-refractivity contribution in [1.82, 2.24) is 15.1 Å². The Labute approximate surface area is 87.1 Å². The Morgan fingerprint density at radius 2 is 2.27 bits per heavy atom. The molecule has 6 nitrogen and oxygen atoms in total. The van der Waals surface area contributed by atoms with E-state index in [1.807, 2.05) is 0 Å². The van der Waals surface area contributed by atoms with Crippen LogP contribution >= 0.6 is 0 Å². The van der Waals surface area contributed by atoms with Gasteiger partial charge in [-0.2, -0.15) is 5.10 Å². The van der Waals surface area contributed by atoms with E-state index in [4.69, 9.17) is 5.73 Å². The quantitative estimate of drug-likeness (QED) is 0.582. The number of nitrogens with zero attached hydrogens (tertiary/aromatic N) is 2. The minimum atomic E-state index is -0.768. The maximum Gasteiger partial charge on any atom is 0.276 e. The molecule has 0 spiro atoms. The molecule has 2 heterocycles. The number of H-pyrrole nitrogens is 1. The molecule has 1 amide bonds. The largest absolute Gasteiger partial charge is 0.395 e. The zero-order valence-electron chi connectivity index (χ0n) is 8.74. The fourth-order valence-electron chi connectivity index (χ4n) is 1.67. The number of rotatable bonds is 1. The van der Waals surface area contributed by atoms with Crippen LogP contribution in [0.5, 0.6) is 0 Å². The van der Waals surface area contributed by atoms with Crippen LogP contribution in [-0.4, -0.2) is 44.8 Å². The van der Waals surface area contributed by atoms with E-state index < -0.39 is 5.60 Å². The van der Waals surface area contributed by atoms with Gasteiger partial charge in [-0.1, -0.05) is 0 Å². The molecule has 1 aliphatic rings. The number of hydrogen-bond acceptors (Lipinski definition) is 4. The first kappa shape index (κ1) is 9.97. The third-order valence-corrected chi connectivity index (χ3v) is 2.55. The van der Waals surface area contributed by atoms with Crippen molar-refractivity contribution in [3.05, 3.63) is 11.4 Å². The van der Waals surface area contributed by atoms with Gasteiger partial charge >= 0.3 is 0 Å². The molecule has 1 aromatic heterocycles. The van der Waals surface area contributed by atoms with Crippen molar-refractivity contribution in [2.45, 2.75) is 19.4 Å². The molecule has 4 N–H and O–H groups in total. The smallest absolute Gasteiger partial charge is 0.276 e. The van der Waals surface area contributed by atoms with E-state index >= 15 is 0 Å². The Morgan fingerprint density at radius 1 is 1.67 bits per heavy atom. The Balaban J connectivity index is 2.13. The van der Waals surface area contributed by atoms with Gasteiger partial charge in [0.05, 0.1) is 30.1 Å². The number of hydrogen-bond donors (Lipinski definition) is 3. The molecule has 82 valence electrons. The van der Waals surface area contributed by atoms with Crippen molar-refractivity contribution in [1.29, 1.82) is 0 Å². The SMILES string of the molecule is Cc1[nH]nc(C(=O)N2CC(C)(O)C2)c1N. The van der Waals surface area contributed by atoms with E-state index in [0.717, 1.165) is 0 Å². The fourth-order valence-corrected chi connectivity index (χ4v) is 1.67. The van der Waals surface area contributed by atoms with Crippen LogP contribution in [0.3, 0.4) is 0 Å². The number of carbonyl (C=O) groups excluding carboxylic acids is 1. The second kappa shape index (κ2) is 2.96. The zero-order valence-corrected chi connectivity index (χ0v) is 8.74. The van der Waals surface area contributed by atoms with E-state index in [9.17, 15) is 9.90 Å². The van der Waals surface area contributed by atoms with Crippen LogP contribution in [0.1, 0.15) is 23.1 Å². The van der Waals surface area contributed by atoms with E-state index in [1.165, 1.54) is 4.90 Å². The van der Waals surface area contributed by atoms with Gasteiger partial charge < -0.3 is 15.7 Å². The highest BCUT2D eigenvalue weighted by Crippen LogP contribution is 2.23. The third kappa shape index (κ3) is 1.56. The van der Waals surface area contributed by atoms with Gasteiger partial charge in [-0.05, 0) is 13.8 Å². The highest BCUT2D eigenvalue weighted by atomic mass is 16.3.